The van der Waals surface area contributed by atoms with Gasteiger partial charge in [-0.2, -0.15) is 0 Å². The van der Waals surface area contributed by atoms with Gasteiger partial charge in [0.05, 0.1) is 6.61 Å². The average molecular weight is 431 g/mol. The van der Waals surface area contributed by atoms with Crippen molar-refractivity contribution in [3.05, 3.63) is 48.0 Å². The number of amides is 3. The molecule has 168 valence electrons. The van der Waals surface area contributed by atoms with Crippen LogP contribution in [0.2, 0.25) is 0 Å². The molecule has 0 aliphatic heterocycles. The van der Waals surface area contributed by atoms with Crippen LogP contribution in [0.5, 0.6) is 11.5 Å². The molecular formula is C22H30N4O5. The predicted molar refractivity (Wildman–Crippen MR) is 119 cm³/mol. The summed E-state index contributed by atoms with van der Waals surface area (Å²) in [6, 6.07) is 11.9. The van der Waals surface area contributed by atoms with Crippen LogP contribution in [0.4, 0.5) is 21.0 Å². The van der Waals surface area contributed by atoms with Crippen LogP contribution in [0.15, 0.2) is 42.5 Å². The van der Waals surface area contributed by atoms with E-state index >= 15 is 0 Å². The fraction of sp³-hybridized carbons (Fsp3) is 0.364. The smallest absolute Gasteiger partial charge is 0.412 e. The SMILES string of the molecule is COCc1cc(NC(=O)OC(C)(C)C)ccc1Oc1ccc(NC(=O)NN(C)C)cc1. The van der Waals surface area contributed by atoms with E-state index in [4.69, 9.17) is 14.2 Å². The highest BCUT2D eigenvalue weighted by molar-refractivity contribution is 5.88. The summed E-state index contributed by atoms with van der Waals surface area (Å²) in [7, 11) is 5.03. The second-order valence-electron chi connectivity index (χ2n) is 7.97. The molecule has 0 unspecified atom stereocenters. The van der Waals surface area contributed by atoms with E-state index in [9.17, 15) is 9.59 Å². The van der Waals surface area contributed by atoms with Gasteiger partial charge >= 0.3 is 12.1 Å². The summed E-state index contributed by atoms with van der Waals surface area (Å²) in [5.74, 6) is 1.17. The summed E-state index contributed by atoms with van der Waals surface area (Å²) in [5, 5.41) is 6.97. The Morgan fingerprint density at radius 2 is 1.61 bits per heavy atom. The van der Waals surface area contributed by atoms with Gasteiger partial charge in [0.1, 0.15) is 17.1 Å². The van der Waals surface area contributed by atoms with Crippen LogP contribution in [0.25, 0.3) is 0 Å². The molecule has 0 saturated heterocycles. The minimum atomic E-state index is -0.587. The number of nitrogens with one attached hydrogen (secondary N) is 3. The maximum atomic E-state index is 12.0. The summed E-state index contributed by atoms with van der Waals surface area (Å²) in [6.45, 7) is 5.70. The van der Waals surface area contributed by atoms with Crippen LogP contribution < -0.4 is 20.8 Å². The Balaban J connectivity index is 2.08. The first-order chi connectivity index (χ1) is 14.6. The Hall–Kier alpha value is -3.30. The Morgan fingerprint density at radius 3 is 2.19 bits per heavy atom. The molecule has 0 spiro atoms. The zero-order valence-corrected chi connectivity index (χ0v) is 18.7. The molecule has 0 aliphatic carbocycles. The molecule has 3 N–H and O–H groups in total. The molecule has 2 aromatic rings. The molecule has 2 rings (SSSR count). The maximum absolute atomic E-state index is 12.0. The zero-order chi connectivity index (χ0) is 23.0. The molecule has 0 bridgehead atoms. The molecule has 0 heterocycles. The number of hydrogen-bond donors (Lipinski definition) is 3. The van der Waals surface area contributed by atoms with E-state index in [1.807, 2.05) is 0 Å². The van der Waals surface area contributed by atoms with Gasteiger partial charge in [-0.05, 0) is 63.2 Å². The predicted octanol–water partition coefficient (Wildman–Crippen LogP) is 4.57. The lowest BCUT2D eigenvalue weighted by Crippen LogP contribution is -2.39. The van der Waals surface area contributed by atoms with Crippen molar-refractivity contribution in [2.45, 2.75) is 33.0 Å². The number of carbonyl (C=O) groups excluding carboxylic acids is 2. The summed E-state index contributed by atoms with van der Waals surface area (Å²) in [6.07, 6.45) is -0.536. The van der Waals surface area contributed by atoms with E-state index in [0.29, 0.717) is 29.5 Å². The second kappa shape index (κ2) is 10.6. The highest BCUT2D eigenvalue weighted by Crippen LogP contribution is 2.29. The van der Waals surface area contributed by atoms with Gasteiger partial charge in [0, 0.05) is 38.1 Å². The van der Waals surface area contributed by atoms with E-state index in [1.54, 1.807) is 89.4 Å². The van der Waals surface area contributed by atoms with Crippen molar-refractivity contribution in [3.8, 4) is 11.5 Å². The summed E-state index contributed by atoms with van der Waals surface area (Å²) >= 11 is 0. The van der Waals surface area contributed by atoms with Crippen molar-refractivity contribution in [1.29, 1.82) is 0 Å². The first kappa shape index (κ1) is 24.0. The fourth-order valence-corrected chi connectivity index (χ4v) is 2.54. The number of benzene rings is 2. The Morgan fingerprint density at radius 1 is 0.968 bits per heavy atom. The van der Waals surface area contributed by atoms with E-state index < -0.39 is 11.7 Å². The highest BCUT2D eigenvalue weighted by atomic mass is 16.6. The number of anilines is 2. The Kier molecular flexibility index (Phi) is 8.23. The first-order valence-corrected chi connectivity index (χ1v) is 9.70. The van der Waals surface area contributed by atoms with Gasteiger partial charge in [0.15, 0.2) is 0 Å². The number of carbonyl (C=O) groups is 2. The number of ether oxygens (including phenoxy) is 3. The second-order valence-corrected chi connectivity index (χ2v) is 7.97. The van der Waals surface area contributed by atoms with E-state index in [-0.39, 0.29) is 6.03 Å². The largest absolute Gasteiger partial charge is 0.457 e. The van der Waals surface area contributed by atoms with Gasteiger partial charge < -0.3 is 19.5 Å². The molecule has 0 saturated carbocycles. The van der Waals surface area contributed by atoms with Crippen molar-refractivity contribution in [3.63, 3.8) is 0 Å². The monoisotopic (exact) mass is 430 g/mol. The molecule has 9 heteroatoms. The molecule has 31 heavy (non-hydrogen) atoms. The first-order valence-electron chi connectivity index (χ1n) is 9.70. The standard InChI is InChI=1S/C22H30N4O5/c1-22(2,3)31-21(28)24-17-9-12-19(15(13-17)14-29-6)30-18-10-7-16(8-11-18)23-20(27)25-26(4)5/h7-13H,14H2,1-6H3,(H,24,28)(H2,23,25,27). The number of hydrogen-bond acceptors (Lipinski definition) is 6. The lowest BCUT2D eigenvalue weighted by atomic mass is 10.2. The third-order valence-electron chi connectivity index (χ3n) is 3.67. The minimum Gasteiger partial charge on any atom is -0.457 e. The molecular weight excluding hydrogens is 400 g/mol. The average Bonchev–Trinajstić information content (AvgIpc) is 2.63. The minimum absolute atomic E-state index is 0.295. The third-order valence-corrected chi connectivity index (χ3v) is 3.67. The number of rotatable bonds is 7. The lowest BCUT2D eigenvalue weighted by molar-refractivity contribution is 0.0636. The molecule has 9 nitrogen and oxygen atoms in total. The Bertz CT molecular complexity index is 892. The van der Waals surface area contributed by atoms with Crippen molar-refractivity contribution < 1.29 is 23.8 Å². The van der Waals surface area contributed by atoms with Crippen molar-refractivity contribution >= 4 is 23.5 Å². The molecule has 0 fully saturated rings. The summed E-state index contributed by atoms with van der Waals surface area (Å²) < 4.78 is 16.5. The third kappa shape index (κ3) is 8.53. The van der Waals surface area contributed by atoms with E-state index in [2.05, 4.69) is 16.1 Å². The van der Waals surface area contributed by atoms with Gasteiger partial charge in [-0.15, -0.1) is 0 Å². The van der Waals surface area contributed by atoms with Crippen LogP contribution in [-0.4, -0.2) is 43.9 Å². The molecule has 0 aliphatic rings. The topological polar surface area (TPSA) is 101 Å². The fourth-order valence-electron chi connectivity index (χ4n) is 2.54. The van der Waals surface area contributed by atoms with Crippen LogP contribution in [0.1, 0.15) is 26.3 Å². The molecule has 0 aromatic heterocycles. The van der Waals surface area contributed by atoms with Crippen LogP contribution in [-0.2, 0) is 16.1 Å². The lowest BCUT2D eigenvalue weighted by Gasteiger charge is -2.20. The molecule has 2 aromatic carbocycles. The van der Waals surface area contributed by atoms with Crippen molar-refractivity contribution in [2.24, 2.45) is 0 Å². The number of urea groups is 1. The van der Waals surface area contributed by atoms with Gasteiger partial charge in [-0.3, -0.25) is 10.7 Å². The quantitative estimate of drug-likeness (QED) is 0.556. The number of methoxy groups -OCH3 is 1. The molecule has 3 amide bonds. The van der Waals surface area contributed by atoms with Crippen molar-refractivity contribution in [1.82, 2.24) is 10.4 Å². The van der Waals surface area contributed by atoms with Crippen LogP contribution in [0, 0.1) is 0 Å². The zero-order valence-electron chi connectivity index (χ0n) is 18.7. The van der Waals surface area contributed by atoms with Gasteiger partial charge in [0.2, 0.25) is 0 Å². The summed E-state index contributed by atoms with van der Waals surface area (Å²) in [4.78, 5) is 23.8. The highest BCUT2D eigenvalue weighted by Gasteiger charge is 2.17. The van der Waals surface area contributed by atoms with Crippen LogP contribution in [0.3, 0.4) is 0 Å². The summed E-state index contributed by atoms with van der Waals surface area (Å²) in [5.41, 5.74) is 3.96. The number of nitrogens with zero attached hydrogens (tertiary/aromatic N) is 1. The van der Waals surface area contributed by atoms with E-state index in [1.165, 1.54) is 0 Å². The van der Waals surface area contributed by atoms with Gasteiger partial charge in [-0.25, -0.2) is 14.6 Å². The van der Waals surface area contributed by atoms with E-state index in [0.717, 1.165) is 5.56 Å². The van der Waals surface area contributed by atoms with Gasteiger partial charge in [0.25, 0.3) is 0 Å². The Labute approximate surface area is 182 Å². The maximum Gasteiger partial charge on any atom is 0.412 e. The van der Waals surface area contributed by atoms with Crippen LogP contribution >= 0.6 is 0 Å². The normalized spacial score (nSPS) is 11.1. The molecule has 0 atom stereocenters. The van der Waals surface area contributed by atoms with Gasteiger partial charge in [-0.1, -0.05) is 0 Å². The molecule has 0 radical (unpaired) electrons. The number of hydrazine groups is 1. The van der Waals surface area contributed by atoms with Crippen molar-refractivity contribution in [2.75, 3.05) is 31.8 Å².